The summed E-state index contributed by atoms with van der Waals surface area (Å²) in [7, 11) is 4.24. The molecule has 4 heavy (non-hydrogen) atoms. The van der Waals surface area contributed by atoms with Crippen LogP contribution in [0.15, 0.2) is 5.03 Å². The molecule has 0 atom stereocenters. The molecule has 0 amide bonds. The van der Waals surface area contributed by atoms with Crippen LogP contribution in [-0.4, -0.2) is 7.98 Å². The van der Waals surface area contributed by atoms with E-state index in [1.807, 2.05) is 0 Å². The van der Waals surface area contributed by atoms with Crippen molar-refractivity contribution >= 4 is 7.98 Å². The minimum absolute atomic E-state index is 2.14. The lowest BCUT2D eigenvalue weighted by Gasteiger charge is -1.34. The minimum atomic E-state index is 2.14. The van der Waals surface area contributed by atoms with E-state index >= 15 is 0 Å². The molecule has 0 N–H and O–H groups in total. The van der Waals surface area contributed by atoms with E-state index in [9.17, 15) is 0 Å². The largest absolute Gasteiger partial charge is 0.181 e. The van der Waals surface area contributed by atoms with Crippen LogP contribution in [0.3, 0.4) is 0 Å². The molecule has 0 saturated heterocycles. The van der Waals surface area contributed by atoms with Crippen molar-refractivity contribution in [1.82, 2.24) is 0 Å². The summed E-state index contributed by atoms with van der Waals surface area (Å²) >= 11 is 0. The highest BCUT2D eigenvalue weighted by Gasteiger charge is 1.29. The molecule has 0 rings (SSSR count). The monoisotopic (exact) mass is 53.0 g/mol. The molecule has 0 spiro atoms. The Bertz CT molecular complexity index is 41.2. The molecule has 0 saturated carbocycles. The van der Waals surface area contributed by atoms with Crippen LogP contribution in [0, 0.1) is 0 Å². The van der Waals surface area contributed by atoms with Crippen LogP contribution >= 0.6 is 0 Å². The lowest BCUT2D eigenvalue weighted by molar-refractivity contribution is 1.78. The van der Waals surface area contributed by atoms with Gasteiger partial charge in [0.05, 0.1) is 0 Å². The molecule has 2 radical (unpaired) electrons. The molecule has 18 valence electrons. The first kappa shape index (κ1) is 3.37. The van der Waals surface area contributed by atoms with E-state index in [-0.39, 0.29) is 0 Å². The zero-order valence-electron chi connectivity index (χ0n) is 1.92. The topological polar surface area (TPSA) is 48.8 Å². The Morgan fingerprint density at radius 2 is 2.25 bits per heavy atom. The van der Waals surface area contributed by atoms with E-state index in [0.717, 1.165) is 0 Å². The summed E-state index contributed by atoms with van der Waals surface area (Å²) in [5, 5.41) is 2.42. The molecular formula is BN3. The fraction of sp³-hybridized carbons (Fsp3) is 0. The lowest BCUT2D eigenvalue weighted by Crippen LogP contribution is -1.30. The van der Waals surface area contributed by atoms with Crippen molar-refractivity contribution in [3.63, 3.8) is 0 Å². The third-order valence-electron chi connectivity index (χ3n) is 0.0516. The standard InChI is InChI=1S/BN3/c1-3-4-2. The quantitative estimate of drug-likeness (QED) is 0.166. The average molecular weight is 52.8 g/mol. The highest BCUT2D eigenvalue weighted by molar-refractivity contribution is 6.05. The minimum Gasteiger partial charge on any atom is -0.167 e. The molecule has 0 aromatic heterocycles. The van der Waals surface area contributed by atoms with Crippen LogP contribution in [0.4, 0.5) is 0 Å². The fourth-order valence-electron chi connectivity index (χ4n) is 0. The van der Waals surface area contributed by atoms with Crippen molar-refractivity contribution in [2.75, 3.05) is 0 Å². The Balaban J connectivity index is 3.11. The highest BCUT2D eigenvalue weighted by atomic mass is 15.1. The Morgan fingerprint density at radius 1 is 2.00 bits per heavy atom. The number of nitrogens with zero attached hydrogens (tertiary/aromatic N) is 3. The third-order valence-corrected chi connectivity index (χ3v) is 0.0516. The van der Waals surface area contributed by atoms with Crippen LogP contribution in [-0.2, 0) is 0 Å². The first-order chi connectivity index (χ1) is 1.91. The fourth-order valence-corrected chi connectivity index (χ4v) is 0. The Kier molecular flexibility index (Phi) is 2.00. The number of azide groups is 1. The second-order valence-electron chi connectivity index (χ2n) is 0.205. The van der Waals surface area contributed by atoms with Crippen molar-refractivity contribution in [1.29, 1.82) is 0 Å². The smallest absolute Gasteiger partial charge is 0.167 e. The summed E-state index contributed by atoms with van der Waals surface area (Å²) in [5.74, 6) is 0. The molecule has 0 fully saturated rings. The van der Waals surface area contributed by atoms with Gasteiger partial charge in [-0.25, -0.2) is 0 Å². The van der Waals surface area contributed by atoms with Crippen molar-refractivity contribution in [3.05, 3.63) is 10.4 Å². The molecule has 0 aliphatic heterocycles. The normalized spacial score (nSPS) is 4.00. The van der Waals surface area contributed by atoms with Crippen LogP contribution in [0.1, 0.15) is 0 Å². The SMILES string of the molecule is [B]N=[N+]=[N-]. The molecule has 0 aromatic rings. The predicted molar refractivity (Wildman–Crippen MR) is 14.9 cm³/mol. The molecule has 0 unspecified atom stereocenters. The van der Waals surface area contributed by atoms with Gasteiger partial charge in [-0.1, -0.05) is 0 Å². The maximum atomic E-state index is 7.21. The number of hydrogen-bond acceptors (Lipinski definition) is 1. The summed E-state index contributed by atoms with van der Waals surface area (Å²) < 4.78 is 0. The van der Waals surface area contributed by atoms with E-state index in [2.05, 4.69) is 17.9 Å². The second-order valence-corrected chi connectivity index (χ2v) is 0.205. The van der Waals surface area contributed by atoms with Gasteiger partial charge < -0.3 is 0 Å². The van der Waals surface area contributed by atoms with Crippen molar-refractivity contribution in [2.45, 2.75) is 0 Å². The Labute approximate surface area is 24.7 Å². The zero-order valence-corrected chi connectivity index (χ0v) is 1.92. The molecule has 0 aliphatic rings. The van der Waals surface area contributed by atoms with Gasteiger partial charge >= 0.3 is 0 Å². The van der Waals surface area contributed by atoms with Crippen molar-refractivity contribution in [3.8, 4) is 0 Å². The van der Waals surface area contributed by atoms with Crippen LogP contribution in [0.2, 0.25) is 0 Å². The van der Waals surface area contributed by atoms with E-state index in [1.165, 1.54) is 0 Å². The van der Waals surface area contributed by atoms with Gasteiger partial charge in [-0.3, -0.25) is 0 Å². The van der Waals surface area contributed by atoms with E-state index in [0.29, 0.717) is 0 Å². The summed E-state index contributed by atoms with van der Waals surface area (Å²) in [6.45, 7) is 0. The van der Waals surface area contributed by atoms with Crippen LogP contribution < -0.4 is 0 Å². The van der Waals surface area contributed by atoms with Gasteiger partial charge in [0.25, 0.3) is 0 Å². The van der Waals surface area contributed by atoms with Gasteiger partial charge in [0.2, 0.25) is 0 Å². The van der Waals surface area contributed by atoms with E-state index < -0.39 is 0 Å². The van der Waals surface area contributed by atoms with Crippen LogP contribution in [0.5, 0.6) is 0 Å². The van der Waals surface area contributed by atoms with Crippen molar-refractivity contribution < 1.29 is 0 Å². The molecule has 4 heteroatoms. The first-order valence-electron chi connectivity index (χ1n) is 0.658. The summed E-state index contributed by atoms with van der Waals surface area (Å²) in [4.78, 5) is 2.14. The zero-order chi connectivity index (χ0) is 3.41. The molecule has 0 heterocycles. The Morgan fingerprint density at radius 3 is 2.25 bits per heavy atom. The maximum Gasteiger partial charge on any atom is 0.181 e. The molecule has 0 aliphatic carbocycles. The average Bonchev–Trinajstić information content (AvgIpc) is 1.37. The van der Waals surface area contributed by atoms with Gasteiger partial charge in [-0.2, -0.15) is 5.03 Å². The first-order valence-corrected chi connectivity index (χ1v) is 0.658. The summed E-state index contributed by atoms with van der Waals surface area (Å²) in [5.41, 5.74) is 7.21. The molecule has 0 aromatic carbocycles. The predicted octanol–water partition coefficient (Wildman–Crippen LogP) is 0.380. The van der Waals surface area contributed by atoms with Gasteiger partial charge in [-0.05, 0) is 10.4 Å². The summed E-state index contributed by atoms with van der Waals surface area (Å²) in [6.07, 6.45) is 0. The van der Waals surface area contributed by atoms with Crippen LogP contribution in [0.25, 0.3) is 10.4 Å². The van der Waals surface area contributed by atoms with E-state index in [4.69, 9.17) is 5.53 Å². The van der Waals surface area contributed by atoms with Gasteiger partial charge in [0.15, 0.2) is 7.98 Å². The number of rotatable bonds is 0. The van der Waals surface area contributed by atoms with Gasteiger partial charge in [-0.15, -0.1) is 0 Å². The summed E-state index contributed by atoms with van der Waals surface area (Å²) in [6, 6.07) is 0. The van der Waals surface area contributed by atoms with Crippen molar-refractivity contribution in [2.24, 2.45) is 5.03 Å². The molecule has 0 bridgehead atoms. The lowest BCUT2D eigenvalue weighted by atomic mass is 10.5. The molecular weight excluding hydrogens is 52.8 g/mol. The highest BCUT2D eigenvalue weighted by Crippen LogP contribution is 1.44. The molecule has 3 nitrogen and oxygen atoms in total. The van der Waals surface area contributed by atoms with Gasteiger partial charge in [0.1, 0.15) is 0 Å². The van der Waals surface area contributed by atoms with E-state index in [1.54, 1.807) is 0 Å². The van der Waals surface area contributed by atoms with Gasteiger partial charge in [0, 0.05) is 0 Å². The number of hydrogen-bond donors (Lipinski definition) is 0. The maximum absolute atomic E-state index is 7.21. The Hall–Kier alpha value is -0.625. The second kappa shape index (κ2) is 2.37. The third kappa shape index (κ3) is 1.37.